The van der Waals surface area contributed by atoms with Crippen LogP contribution in [0.2, 0.25) is 0 Å². The molecule has 1 saturated heterocycles. The van der Waals surface area contributed by atoms with Crippen LogP contribution in [0.25, 0.3) is 0 Å². The molecule has 6 nitrogen and oxygen atoms in total. The molecule has 0 amide bonds. The summed E-state index contributed by atoms with van der Waals surface area (Å²) in [7, 11) is -1.48. The molecule has 0 bridgehead atoms. The monoisotopic (exact) mass is 318 g/mol. The van der Waals surface area contributed by atoms with Gasteiger partial charge in [-0.15, -0.1) is 0 Å². The second-order valence-electron chi connectivity index (χ2n) is 6.40. The van der Waals surface area contributed by atoms with Gasteiger partial charge in [-0.25, -0.2) is 13.1 Å². The molecule has 124 valence electrons. The first kappa shape index (κ1) is 18.2. The quantitative estimate of drug-likeness (QED) is 0.566. The lowest BCUT2D eigenvalue weighted by molar-refractivity contribution is 0.322. The van der Waals surface area contributed by atoms with Crippen molar-refractivity contribution in [2.75, 3.05) is 32.4 Å². The van der Waals surface area contributed by atoms with Gasteiger partial charge in [-0.05, 0) is 32.1 Å². The molecular weight excluding hydrogens is 288 g/mol. The van der Waals surface area contributed by atoms with Crippen LogP contribution in [0.5, 0.6) is 0 Å². The molecule has 1 fully saturated rings. The SMILES string of the molecule is CCC1(C)CCN(C(=NC)NCCS(=O)(=O)NC(C)C)C1. The largest absolute Gasteiger partial charge is 0.355 e. The van der Waals surface area contributed by atoms with Gasteiger partial charge in [0.05, 0.1) is 5.75 Å². The Morgan fingerprint density at radius 3 is 2.57 bits per heavy atom. The van der Waals surface area contributed by atoms with Gasteiger partial charge < -0.3 is 10.2 Å². The summed E-state index contributed by atoms with van der Waals surface area (Å²) in [4.78, 5) is 6.48. The number of sulfonamides is 1. The Labute approximate surface area is 129 Å². The average molecular weight is 318 g/mol. The third kappa shape index (κ3) is 5.82. The zero-order chi connectivity index (χ0) is 16.1. The Morgan fingerprint density at radius 1 is 1.43 bits per heavy atom. The second-order valence-corrected chi connectivity index (χ2v) is 8.27. The Balaban J connectivity index is 2.47. The number of nitrogens with zero attached hydrogens (tertiary/aromatic N) is 2. The van der Waals surface area contributed by atoms with Crippen LogP contribution in [0, 0.1) is 5.41 Å². The first-order valence-electron chi connectivity index (χ1n) is 7.67. The number of rotatable bonds is 6. The van der Waals surface area contributed by atoms with Crippen LogP contribution in [0.15, 0.2) is 4.99 Å². The summed E-state index contributed by atoms with van der Waals surface area (Å²) in [6.45, 7) is 10.5. The van der Waals surface area contributed by atoms with Gasteiger partial charge in [0, 0.05) is 32.7 Å². The second kappa shape index (κ2) is 7.45. The van der Waals surface area contributed by atoms with Gasteiger partial charge in [0.15, 0.2) is 5.96 Å². The molecule has 0 aliphatic carbocycles. The maximum atomic E-state index is 11.8. The number of guanidine groups is 1. The summed E-state index contributed by atoms with van der Waals surface area (Å²) in [6.07, 6.45) is 2.30. The van der Waals surface area contributed by atoms with E-state index in [4.69, 9.17) is 0 Å². The van der Waals surface area contributed by atoms with Crippen LogP contribution in [0.3, 0.4) is 0 Å². The molecular formula is C14H30N4O2S. The third-order valence-corrected chi connectivity index (χ3v) is 5.56. The van der Waals surface area contributed by atoms with E-state index in [9.17, 15) is 8.42 Å². The van der Waals surface area contributed by atoms with Gasteiger partial charge in [0.25, 0.3) is 0 Å². The zero-order valence-corrected chi connectivity index (χ0v) is 14.8. The van der Waals surface area contributed by atoms with E-state index in [1.54, 1.807) is 7.05 Å². The molecule has 0 aromatic carbocycles. The molecule has 1 rings (SSSR count). The van der Waals surface area contributed by atoms with Crippen molar-refractivity contribution in [2.45, 2.75) is 46.6 Å². The van der Waals surface area contributed by atoms with Crippen molar-refractivity contribution in [3.05, 3.63) is 0 Å². The number of likely N-dealkylation sites (tertiary alicyclic amines) is 1. The number of aliphatic imine (C=N–C) groups is 1. The zero-order valence-electron chi connectivity index (χ0n) is 13.9. The van der Waals surface area contributed by atoms with Crippen LogP contribution in [0.1, 0.15) is 40.5 Å². The maximum absolute atomic E-state index is 11.8. The molecule has 7 heteroatoms. The van der Waals surface area contributed by atoms with E-state index in [0.29, 0.717) is 12.0 Å². The lowest BCUT2D eigenvalue weighted by atomic mass is 9.87. The number of hydrogen-bond donors (Lipinski definition) is 2. The average Bonchev–Trinajstić information content (AvgIpc) is 2.76. The van der Waals surface area contributed by atoms with Gasteiger partial charge >= 0.3 is 0 Å². The minimum Gasteiger partial charge on any atom is -0.355 e. The van der Waals surface area contributed by atoms with Crippen molar-refractivity contribution in [3.8, 4) is 0 Å². The predicted octanol–water partition coefficient (Wildman–Crippen LogP) is 1.01. The highest BCUT2D eigenvalue weighted by molar-refractivity contribution is 7.89. The smallest absolute Gasteiger partial charge is 0.213 e. The predicted molar refractivity (Wildman–Crippen MR) is 88.0 cm³/mol. The Bertz CT molecular complexity index is 462. The standard InChI is InChI=1S/C14H30N4O2S/c1-6-14(4)7-9-18(11-14)13(15-5)16-8-10-21(19,20)17-12(2)3/h12,17H,6-11H2,1-5H3,(H,15,16). The van der Waals surface area contributed by atoms with Gasteiger partial charge in [-0.1, -0.05) is 13.8 Å². The molecule has 1 atom stereocenters. The lowest BCUT2D eigenvalue weighted by Gasteiger charge is -2.25. The van der Waals surface area contributed by atoms with Crippen molar-refractivity contribution < 1.29 is 8.42 Å². The van der Waals surface area contributed by atoms with E-state index in [1.807, 2.05) is 13.8 Å². The summed E-state index contributed by atoms with van der Waals surface area (Å²) < 4.78 is 26.1. The van der Waals surface area contributed by atoms with Gasteiger partial charge in [-0.3, -0.25) is 4.99 Å². The fourth-order valence-electron chi connectivity index (χ4n) is 2.54. The fraction of sp³-hybridized carbons (Fsp3) is 0.929. The molecule has 0 spiro atoms. The van der Waals surface area contributed by atoms with Crippen LogP contribution >= 0.6 is 0 Å². The molecule has 0 aromatic rings. The summed E-state index contributed by atoms with van der Waals surface area (Å²) in [5.74, 6) is 0.857. The van der Waals surface area contributed by atoms with Crippen molar-refractivity contribution in [1.82, 2.24) is 14.9 Å². The highest BCUT2D eigenvalue weighted by atomic mass is 32.2. The lowest BCUT2D eigenvalue weighted by Crippen LogP contribution is -2.44. The molecule has 1 aliphatic heterocycles. The first-order chi connectivity index (χ1) is 9.71. The molecule has 21 heavy (non-hydrogen) atoms. The molecule has 1 heterocycles. The molecule has 1 unspecified atom stereocenters. The van der Waals surface area contributed by atoms with Crippen molar-refractivity contribution in [1.29, 1.82) is 0 Å². The first-order valence-corrected chi connectivity index (χ1v) is 9.32. The maximum Gasteiger partial charge on any atom is 0.213 e. The van der Waals surface area contributed by atoms with Gasteiger partial charge in [0.2, 0.25) is 10.0 Å². The van der Waals surface area contributed by atoms with Crippen LogP contribution in [0.4, 0.5) is 0 Å². The summed E-state index contributed by atoms with van der Waals surface area (Å²) in [5, 5.41) is 3.16. The van der Waals surface area contributed by atoms with Crippen molar-refractivity contribution in [2.24, 2.45) is 10.4 Å². The minimum atomic E-state index is -3.22. The normalized spacial score (nSPS) is 23.9. The topological polar surface area (TPSA) is 73.8 Å². The van der Waals surface area contributed by atoms with Gasteiger partial charge in [-0.2, -0.15) is 0 Å². The minimum absolute atomic E-state index is 0.0586. The van der Waals surface area contributed by atoms with Crippen molar-refractivity contribution in [3.63, 3.8) is 0 Å². The van der Waals surface area contributed by atoms with E-state index in [1.165, 1.54) is 0 Å². The van der Waals surface area contributed by atoms with Crippen LogP contribution in [-0.2, 0) is 10.0 Å². The van der Waals surface area contributed by atoms with E-state index in [0.717, 1.165) is 31.9 Å². The highest BCUT2D eigenvalue weighted by Gasteiger charge is 2.33. The number of nitrogens with one attached hydrogen (secondary N) is 2. The third-order valence-electron chi connectivity index (χ3n) is 3.99. The summed E-state index contributed by atoms with van der Waals surface area (Å²) in [5.41, 5.74) is 0.336. The summed E-state index contributed by atoms with van der Waals surface area (Å²) in [6, 6.07) is -0.0712. The molecule has 0 radical (unpaired) electrons. The van der Waals surface area contributed by atoms with Crippen LogP contribution in [-0.4, -0.2) is 57.8 Å². The van der Waals surface area contributed by atoms with E-state index in [-0.39, 0.29) is 11.8 Å². The van der Waals surface area contributed by atoms with Crippen molar-refractivity contribution >= 4 is 16.0 Å². The fourth-order valence-corrected chi connectivity index (χ4v) is 3.75. The summed E-state index contributed by atoms with van der Waals surface area (Å²) >= 11 is 0. The number of hydrogen-bond acceptors (Lipinski definition) is 3. The van der Waals surface area contributed by atoms with E-state index >= 15 is 0 Å². The molecule has 2 N–H and O–H groups in total. The van der Waals surface area contributed by atoms with E-state index in [2.05, 4.69) is 33.8 Å². The Hall–Kier alpha value is -0.820. The van der Waals surface area contributed by atoms with E-state index < -0.39 is 10.0 Å². The van der Waals surface area contributed by atoms with Gasteiger partial charge in [0.1, 0.15) is 0 Å². The molecule has 0 saturated carbocycles. The Kier molecular flexibility index (Phi) is 6.46. The van der Waals surface area contributed by atoms with Crippen LogP contribution < -0.4 is 10.0 Å². The Morgan fingerprint density at radius 2 is 2.10 bits per heavy atom. The molecule has 1 aliphatic rings. The molecule has 0 aromatic heterocycles. The highest BCUT2D eigenvalue weighted by Crippen LogP contribution is 2.32.